The molecular weight excluding hydrogens is 245 g/mol. The SMILES string of the molecule is CN(C(=O)c1ccccc1C(F)(F)F)C1CNC1. The fraction of sp³-hybridized carbons (Fsp3) is 0.417. The first-order valence-electron chi connectivity index (χ1n) is 5.55. The van der Waals surface area contributed by atoms with Crippen LogP contribution in [0.25, 0.3) is 0 Å². The van der Waals surface area contributed by atoms with E-state index in [1.807, 2.05) is 0 Å². The number of rotatable bonds is 2. The molecule has 1 N–H and O–H groups in total. The van der Waals surface area contributed by atoms with Gasteiger partial charge >= 0.3 is 6.18 Å². The molecule has 0 bridgehead atoms. The average Bonchev–Trinajstić information content (AvgIpc) is 2.24. The predicted octanol–water partition coefficient (Wildman–Crippen LogP) is 1.75. The Labute approximate surface area is 103 Å². The van der Waals surface area contributed by atoms with Crippen LogP contribution in [-0.2, 0) is 6.18 Å². The Morgan fingerprint density at radius 2 is 1.94 bits per heavy atom. The molecule has 0 unspecified atom stereocenters. The van der Waals surface area contributed by atoms with Crippen molar-refractivity contribution in [3.05, 3.63) is 35.4 Å². The molecule has 1 amide bonds. The highest BCUT2D eigenvalue weighted by Gasteiger charge is 2.36. The topological polar surface area (TPSA) is 32.3 Å². The number of benzene rings is 1. The summed E-state index contributed by atoms with van der Waals surface area (Å²) < 4.78 is 38.4. The fourth-order valence-corrected chi connectivity index (χ4v) is 1.82. The summed E-state index contributed by atoms with van der Waals surface area (Å²) in [5.74, 6) is -0.588. The molecule has 0 radical (unpaired) electrons. The van der Waals surface area contributed by atoms with Crippen molar-refractivity contribution in [2.75, 3.05) is 20.1 Å². The standard InChI is InChI=1S/C12H13F3N2O/c1-17(8-6-16-7-8)11(18)9-4-2-3-5-10(9)12(13,14)15/h2-5,8,16H,6-7H2,1H3. The van der Waals surface area contributed by atoms with E-state index in [-0.39, 0.29) is 11.6 Å². The van der Waals surface area contributed by atoms with Gasteiger partial charge in [0.15, 0.2) is 0 Å². The number of likely N-dealkylation sites (N-methyl/N-ethyl adjacent to an activating group) is 1. The van der Waals surface area contributed by atoms with Gasteiger partial charge in [-0.3, -0.25) is 4.79 Å². The van der Waals surface area contributed by atoms with Crippen molar-refractivity contribution in [2.24, 2.45) is 0 Å². The number of amides is 1. The Morgan fingerprint density at radius 1 is 1.33 bits per heavy atom. The highest BCUT2D eigenvalue weighted by atomic mass is 19.4. The number of nitrogens with zero attached hydrogens (tertiary/aromatic N) is 1. The molecule has 18 heavy (non-hydrogen) atoms. The molecular formula is C12H13F3N2O. The molecule has 1 heterocycles. The third kappa shape index (κ3) is 2.33. The summed E-state index contributed by atoms with van der Waals surface area (Å²) in [6.07, 6.45) is -4.51. The fourth-order valence-electron chi connectivity index (χ4n) is 1.82. The van der Waals surface area contributed by atoms with Crippen LogP contribution in [0.4, 0.5) is 13.2 Å². The molecule has 1 aromatic carbocycles. The molecule has 0 saturated carbocycles. The maximum atomic E-state index is 12.8. The van der Waals surface area contributed by atoms with Crippen LogP contribution in [0.1, 0.15) is 15.9 Å². The van der Waals surface area contributed by atoms with Crippen LogP contribution in [0.5, 0.6) is 0 Å². The second kappa shape index (κ2) is 4.61. The first-order valence-corrected chi connectivity index (χ1v) is 5.55. The summed E-state index contributed by atoms with van der Waals surface area (Å²) in [6.45, 7) is 1.24. The van der Waals surface area contributed by atoms with Crippen LogP contribution in [0.2, 0.25) is 0 Å². The van der Waals surface area contributed by atoms with E-state index in [9.17, 15) is 18.0 Å². The van der Waals surface area contributed by atoms with E-state index < -0.39 is 17.6 Å². The summed E-state index contributed by atoms with van der Waals surface area (Å²) in [5.41, 5.74) is -1.17. The van der Waals surface area contributed by atoms with Gasteiger partial charge in [-0.2, -0.15) is 13.2 Å². The molecule has 1 aromatic rings. The van der Waals surface area contributed by atoms with Crippen molar-refractivity contribution >= 4 is 5.91 Å². The Hall–Kier alpha value is -1.56. The van der Waals surface area contributed by atoms with Crippen molar-refractivity contribution in [2.45, 2.75) is 12.2 Å². The third-order valence-corrected chi connectivity index (χ3v) is 3.09. The van der Waals surface area contributed by atoms with Crippen LogP contribution < -0.4 is 5.32 Å². The number of nitrogens with one attached hydrogen (secondary N) is 1. The van der Waals surface area contributed by atoms with Gasteiger partial charge in [-0.1, -0.05) is 12.1 Å². The lowest BCUT2D eigenvalue weighted by Crippen LogP contribution is -2.57. The van der Waals surface area contributed by atoms with E-state index in [1.54, 1.807) is 0 Å². The van der Waals surface area contributed by atoms with Gasteiger partial charge in [0.1, 0.15) is 0 Å². The smallest absolute Gasteiger partial charge is 0.336 e. The Balaban J connectivity index is 2.29. The molecule has 0 aromatic heterocycles. The minimum Gasteiger partial charge on any atom is -0.336 e. The van der Waals surface area contributed by atoms with Gasteiger partial charge in [-0.25, -0.2) is 0 Å². The molecule has 1 saturated heterocycles. The van der Waals surface area contributed by atoms with Gasteiger partial charge < -0.3 is 10.2 Å². The number of hydrogen-bond donors (Lipinski definition) is 1. The number of alkyl halides is 3. The molecule has 6 heteroatoms. The lowest BCUT2D eigenvalue weighted by atomic mass is 10.0. The summed E-state index contributed by atoms with van der Waals surface area (Å²) in [7, 11) is 1.53. The second-order valence-corrected chi connectivity index (χ2v) is 4.27. The largest absolute Gasteiger partial charge is 0.417 e. The third-order valence-electron chi connectivity index (χ3n) is 3.09. The van der Waals surface area contributed by atoms with Crippen LogP contribution in [0.15, 0.2) is 24.3 Å². The molecule has 1 aliphatic rings. The number of halogens is 3. The zero-order valence-corrected chi connectivity index (χ0v) is 9.79. The van der Waals surface area contributed by atoms with Crippen molar-refractivity contribution < 1.29 is 18.0 Å². The zero-order chi connectivity index (χ0) is 13.3. The maximum absolute atomic E-state index is 12.8. The molecule has 98 valence electrons. The van der Waals surface area contributed by atoms with Crippen LogP contribution in [0, 0.1) is 0 Å². The molecule has 1 aliphatic heterocycles. The summed E-state index contributed by atoms with van der Waals surface area (Å²) in [4.78, 5) is 13.4. The molecule has 2 rings (SSSR count). The zero-order valence-electron chi connectivity index (χ0n) is 9.79. The van der Waals surface area contributed by atoms with E-state index in [2.05, 4.69) is 5.32 Å². The van der Waals surface area contributed by atoms with Gasteiger partial charge in [0.05, 0.1) is 17.2 Å². The predicted molar refractivity (Wildman–Crippen MR) is 60.2 cm³/mol. The van der Waals surface area contributed by atoms with Crippen LogP contribution >= 0.6 is 0 Å². The first kappa shape index (κ1) is 12.9. The van der Waals surface area contributed by atoms with Gasteiger partial charge in [0, 0.05) is 20.1 Å². The van der Waals surface area contributed by atoms with Crippen LogP contribution in [0.3, 0.4) is 0 Å². The second-order valence-electron chi connectivity index (χ2n) is 4.27. The van der Waals surface area contributed by atoms with E-state index >= 15 is 0 Å². The Bertz CT molecular complexity index is 455. The summed E-state index contributed by atoms with van der Waals surface area (Å²) in [5, 5.41) is 2.98. The minimum atomic E-state index is -4.51. The molecule has 0 spiro atoms. The monoisotopic (exact) mass is 258 g/mol. The van der Waals surface area contributed by atoms with Crippen LogP contribution in [-0.4, -0.2) is 37.0 Å². The van der Waals surface area contributed by atoms with E-state index in [1.165, 1.54) is 30.1 Å². The van der Waals surface area contributed by atoms with Gasteiger partial charge in [-0.15, -0.1) is 0 Å². The molecule has 0 atom stereocenters. The number of carbonyl (C=O) groups is 1. The lowest BCUT2D eigenvalue weighted by Gasteiger charge is -2.36. The quantitative estimate of drug-likeness (QED) is 0.876. The van der Waals surface area contributed by atoms with Gasteiger partial charge in [0.2, 0.25) is 0 Å². The number of hydrogen-bond acceptors (Lipinski definition) is 2. The summed E-state index contributed by atoms with van der Waals surface area (Å²) >= 11 is 0. The Morgan fingerprint density at radius 3 is 2.44 bits per heavy atom. The molecule has 0 aliphatic carbocycles. The average molecular weight is 258 g/mol. The molecule has 1 fully saturated rings. The maximum Gasteiger partial charge on any atom is 0.417 e. The van der Waals surface area contributed by atoms with Crippen molar-refractivity contribution in [3.63, 3.8) is 0 Å². The highest BCUT2D eigenvalue weighted by Crippen LogP contribution is 2.32. The first-order chi connectivity index (χ1) is 8.41. The van der Waals surface area contributed by atoms with Gasteiger partial charge in [0.25, 0.3) is 5.91 Å². The molecule has 3 nitrogen and oxygen atoms in total. The van der Waals surface area contributed by atoms with Crippen molar-refractivity contribution in [1.29, 1.82) is 0 Å². The van der Waals surface area contributed by atoms with Crippen molar-refractivity contribution in [3.8, 4) is 0 Å². The normalized spacial score (nSPS) is 16.2. The Kier molecular flexibility index (Phi) is 3.30. The van der Waals surface area contributed by atoms with E-state index in [0.29, 0.717) is 13.1 Å². The van der Waals surface area contributed by atoms with E-state index in [4.69, 9.17) is 0 Å². The van der Waals surface area contributed by atoms with E-state index in [0.717, 1.165) is 6.07 Å². The highest BCUT2D eigenvalue weighted by molar-refractivity contribution is 5.96. The number of carbonyl (C=O) groups excluding carboxylic acids is 1. The van der Waals surface area contributed by atoms with Gasteiger partial charge in [-0.05, 0) is 12.1 Å². The lowest BCUT2D eigenvalue weighted by molar-refractivity contribution is -0.138. The minimum absolute atomic E-state index is 0.0289. The van der Waals surface area contributed by atoms with Crippen molar-refractivity contribution in [1.82, 2.24) is 10.2 Å². The summed E-state index contributed by atoms with van der Waals surface area (Å²) in [6, 6.07) is 4.84.